The minimum Gasteiger partial charge on any atom is -0.494 e. The number of nitrogens with one attached hydrogen (secondary N) is 1. The van der Waals surface area contributed by atoms with Crippen molar-refractivity contribution in [2.45, 2.75) is 52.6 Å². The average Bonchev–Trinajstić information content (AvgIpc) is 2.90. The van der Waals surface area contributed by atoms with Gasteiger partial charge in [0.25, 0.3) is 0 Å². The van der Waals surface area contributed by atoms with Crippen molar-refractivity contribution in [2.24, 2.45) is 5.92 Å². The lowest BCUT2D eigenvalue weighted by Gasteiger charge is -2.32. The Balaban J connectivity index is 1.83. The topological polar surface area (TPSA) is 58.6 Å². The van der Waals surface area contributed by atoms with E-state index in [1.54, 1.807) is 23.1 Å². The van der Waals surface area contributed by atoms with Gasteiger partial charge in [0.2, 0.25) is 11.8 Å². The van der Waals surface area contributed by atoms with E-state index in [0.29, 0.717) is 41.6 Å². The lowest BCUT2D eigenvalue weighted by Crippen LogP contribution is -2.51. The molecule has 0 spiro atoms. The van der Waals surface area contributed by atoms with Crippen LogP contribution in [0.5, 0.6) is 5.75 Å². The molecule has 3 aromatic carbocycles. The Labute approximate surface area is 236 Å². The van der Waals surface area contributed by atoms with E-state index in [9.17, 15) is 9.59 Å². The van der Waals surface area contributed by atoms with Crippen LogP contribution in [0.4, 0.5) is 0 Å². The molecule has 3 aromatic rings. The van der Waals surface area contributed by atoms with Crippen LogP contribution < -0.4 is 10.1 Å². The maximum Gasteiger partial charge on any atom is 0.243 e. The van der Waals surface area contributed by atoms with E-state index in [-0.39, 0.29) is 30.7 Å². The molecule has 0 heterocycles. The van der Waals surface area contributed by atoms with Crippen molar-refractivity contribution in [1.29, 1.82) is 0 Å². The predicted octanol–water partition coefficient (Wildman–Crippen LogP) is 6.87. The second kappa shape index (κ2) is 14.8. The Kier molecular flexibility index (Phi) is 11.5. The lowest BCUT2D eigenvalue weighted by atomic mass is 10.0. The standard InChI is InChI=1S/C31H36Cl2N2O3/c1-22(2)20-34-31(37)29(19-24-9-5-4-6-10-24)35(21-26-27(32)11-7-12-28(26)33)30(36)13-8-18-38-25-16-14-23(3)15-17-25/h4-7,9-12,14-17,22,29H,8,13,18-21H2,1-3H3,(H,34,37)/t29-/m1/s1. The zero-order valence-corrected chi connectivity index (χ0v) is 23.8. The quantitative estimate of drug-likeness (QED) is 0.234. The molecule has 0 aliphatic carbocycles. The fourth-order valence-electron chi connectivity index (χ4n) is 4.02. The first-order chi connectivity index (χ1) is 18.2. The van der Waals surface area contributed by atoms with Crippen molar-refractivity contribution >= 4 is 35.0 Å². The summed E-state index contributed by atoms with van der Waals surface area (Å²) >= 11 is 13.0. The SMILES string of the molecule is Cc1ccc(OCCCC(=O)N(Cc2c(Cl)cccc2Cl)[C@H](Cc2ccccc2)C(=O)NCC(C)C)cc1. The molecule has 3 rings (SSSR count). The molecule has 0 bridgehead atoms. The van der Waals surface area contributed by atoms with E-state index in [1.165, 1.54) is 0 Å². The summed E-state index contributed by atoms with van der Waals surface area (Å²) in [5, 5.41) is 3.94. The Hall–Kier alpha value is -3.02. The van der Waals surface area contributed by atoms with Gasteiger partial charge in [0, 0.05) is 41.5 Å². The van der Waals surface area contributed by atoms with Crippen LogP contribution in [0.2, 0.25) is 10.0 Å². The van der Waals surface area contributed by atoms with Crippen molar-refractivity contribution in [3.63, 3.8) is 0 Å². The molecule has 2 amide bonds. The number of amides is 2. The Morgan fingerprint density at radius 1 is 0.921 bits per heavy atom. The maximum absolute atomic E-state index is 13.7. The summed E-state index contributed by atoms with van der Waals surface area (Å²) in [7, 11) is 0. The molecule has 0 radical (unpaired) electrons. The second-order valence-corrected chi connectivity index (χ2v) is 10.6. The Bertz CT molecular complexity index is 1160. The van der Waals surface area contributed by atoms with E-state index >= 15 is 0 Å². The van der Waals surface area contributed by atoms with Gasteiger partial charge in [-0.25, -0.2) is 0 Å². The van der Waals surface area contributed by atoms with Gasteiger partial charge in [-0.05, 0) is 49.1 Å². The zero-order chi connectivity index (χ0) is 27.5. The highest BCUT2D eigenvalue weighted by Crippen LogP contribution is 2.27. The smallest absolute Gasteiger partial charge is 0.243 e. The molecular weight excluding hydrogens is 519 g/mol. The van der Waals surface area contributed by atoms with Crippen LogP contribution in [0.1, 0.15) is 43.4 Å². The van der Waals surface area contributed by atoms with E-state index in [1.807, 2.05) is 75.4 Å². The van der Waals surface area contributed by atoms with Crippen LogP contribution in [0.25, 0.3) is 0 Å². The summed E-state index contributed by atoms with van der Waals surface area (Å²) in [5.74, 6) is 0.680. The minimum atomic E-state index is -0.728. The molecule has 0 aliphatic rings. The van der Waals surface area contributed by atoms with Crippen molar-refractivity contribution in [2.75, 3.05) is 13.2 Å². The van der Waals surface area contributed by atoms with Gasteiger partial charge in [-0.2, -0.15) is 0 Å². The summed E-state index contributed by atoms with van der Waals surface area (Å²) in [5.41, 5.74) is 2.74. The Morgan fingerprint density at radius 2 is 1.58 bits per heavy atom. The molecular formula is C31H36Cl2N2O3. The third kappa shape index (κ3) is 9.07. The van der Waals surface area contributed by atoms with Crippen molar-refractivity contribution in [3.8, 4) is 5.75 Å². The predicted molar refractivity (Wildman–Crippen MR) is 155 cm³/mol. The number of aryl methyl sites for hydroxylation is 1. The highest BCUT2D eigenvalue weighted by molar-refractivity contribution is 6.36. The number of rotatable bonds is 13. The van der Waals surface area contributed by atoms with Gasteiger partial charge >= 0.3 is 0 Å². The molecule has 1 N–H and O–H groups in total. The number of hydrogen-bond acceptors (Lipinski definition) is 3. The summed E-state index contributed by atoms with van der Waals surface area (Å²) in [6.45, 7) is 7.12. The van der Waals surface area contributed by atoms with Gasteiger partial charge in [0.15, 0.2) is 0 Å². The third-order valence-electron chi connectivity index (χ3n) is 6.17. The van der Waals surface area contributed by atoms with Gasteiger partial charge < -0.3 is 15.0 Å². The molecule has 5 nitrogen and oxygen atoms in total. The lowest BCUT2D eigenvalue weighted by molar-refractivity contribution is -0.141. The minimum absolute atomic E-state index is 0.128. The molecule has 1 atom stereocenters. The number of carbonyl (C=O) groups excluding carboxylic acids is 2. The van der Waals surface area contributed by atoms with Crippen molar-refractivity contribution in [3.05, 3.63) is 99.5 Å². The summed E-state index contributed by atoms with van der Waals surface area (Å²) in [6, 6.07) is 22.0. The maximum atomic E-state index is 13.7. The first kappa shape index (κ1) is 29.5. The monoisotopic (exact) mass is 554 g/mol. The highest BCUT2D eigenvalue weighted by Gasteiger charge is 2.31. The van der Waals surface area contributed by atoms with Gasteiger partial charge in [-0.3, -0.25) is 9.59 Å². The fourth-order valence-corrected chi connectivity index (χ4v) is 4.54. The molecule has 7 heteroatoms. The third-order valence-corrected chi connectivity index (χ3v) is 6.88. The number of carbonyl (C=O) groups is 2. The fraction of sp³-hybridized carbons (Fsp3) is 0.355. The number of benzene rings is 3. The van der Waals surface area contributed by atoms with Crippen LogP contribution in [0.15, 0.2) is 72.8 Å². The molecule has 0 aliphatic heterocycles. The molecule has 0 unspecified atom stereocenters. The van der Waals surface area contributed by atoms with E-state index in [0.717, 1.165) is 16.9 Å². The van der Waals surface area contributed by atoms with Gasteiger partial charge in [-0.1, -0.05) is 91.1 Å². The van der Waals surface area contributed by atoms with Crippen molar-refractivity contribution in [1.82, 2.24) is 10.2 Å². The van der Waals surface area contributed by atoms with Crippen LogP contribution in [0, 0.1) is 12.8 Å². The van der Waals surface area contributed by atoms with Crippen LogP contribution in [0.3, 0.4) is 0 Å². The van der Waals surface area contributed by atoms with Gasteiger partial charge in [0.05, 0.1) is 6.61 Å². The summed E-state index contributed by atoms with van der Waals surface area (Å²) < 4.78 is 5.82. The number of halogens is 2. The van der Waals surface area contributed by atoms with Crippen LogP contribution in [-0.2, 0) is 22.6 Å². The molecule has 0 saturated carbocycles. The number of nitrogens with zero attached hydrogens (tertiary/aromatic N) is 1. The molecule has 202 valence electrons. The molecule has 0 fully saturated rings. The first-order valence-electron chi connectivity index (χ1n) is 13.0. The van der Waals surface area contributed by atoms with E-state index in [2.05, 4.69) is 5.32 Å². The summed E-state index contributed by atoms with van der Waals surface area (Å²) in [4.78, 5) is 28.8. The molecule has 38 heavy (non-hydrogen) atoms. The summed E-state index contributed by atoms with van der Waals surface area (Å²) in [6.07, 6.45) is 1.10. The Morgan fingerprint density at radius 3 is 2.21 bits per heavy atom. The number of hydrogen-bond donors (Lipinski definition) is 1. The van der Waals surface area contributed by atoms with Crippen LogP contribution in [-0.4, -0.2) is 35.9 Å². The van der Waals surface area contributed by atoms with E-state index < -0.39 is 6.04 Å². The number of ether oxygens (including phenoxy) is 1. The average molecular weight is 556 g/mol. The largest absolute Gasteiger partial charge is 0.494 e. The van der Waals surface area contributed by atoms with Gasteiger partial charge in [0.1, 0.15) is 11.8 Å². The van der Waals surface area contributed by atoms with Gasteiger partial charge in [-0.15, -0.1) is 0 Å². The zero-order valence-electron chi connectivity index (χ0n) is 22.3. The first-order valence-corrected chi connectivity index (χ1v) is 13.7. The highest BCUT2D eigenvalue weighted by atomic mass is 35.5. The normalized spacial score (nSPS) is 11.7. The molecule has 0 aromatic heterocycles. The molecule has 0 saturated heterocycles. The van der Waals surface area contributed by atoms with Crippen LogP contribution >= 0.6 is 23.2 Å². The van der Waals surface area contributed by atoms with E-state index in [4.69, 9.17) is 27.9 Å². The second-order valence-electron chi connectivity index (χ2n) is 9.83. The van der Waals surface area contributed by atoms with Crippen molar-refractivity contribution < 1.29 is 14.3 Å².